The molecule has 34 heavy (non-hydrogen) atoms. The summed E-state index contributed by atoms with van der Waals surface area (Å²) in [6.07, 6.45) is 1.58. The van der Waals surface area contributed by atoms with Crippen molar-refractivity contribution in [2.24, 2.45) is 0 Å². The fraction of sp³-hybridized carbons (Fsp3) is 0.0800. The number of nitrogens with one attached hydrogen (secondary N) is 1. The molecule has 0 spiro atoms. The minimum Gasteiger partial charge on any atom is -0.489 e. The van der Waals surface area contributed by atoms with Gasteiger partial charge in [-0.15, -0.1) is 0 Å². The van der Waals surface area contributed by atoms with E-state index < -0.39 is 29.4 Å². The van der Waals surface area contributed by atoms with E-state index in [1.807, 2.05) is 18.2 Å². The monoisotopic (exact) mass is 496 g/mol. The third-order valence-corrected chi connectivity index (χ3v) is 6.11. The topological polar surface area (TPSA) is 75.7 Å². The van der Waals surface area contributed by atoms with Gasteiger partial charge < -0.3 is 10.1 Å². The lowest BCUT2D eigenvalue weighted by atomic mass is 10.2. The normalized spacial score (nSPS) is 14.5. The minimum atomic E-state index is -0.560. The molecule has 1 saturated heterocycles. The standard InChI is InChI=1S/C25H18ClFN2O4S/c26-21-4-2-1-3-17(21)15-33-20-11-5-16(6-12-20)13-22-24(31)29(25(32)34-22)14-23(30)28-19-9-7-18(27)8-10-19/h1-13H,14-15H2,(H,28,30)/b22-13-. The summed E-state index contributed by atoms with van der Waals surface area (Å²) in [5.74, 6) is -0.921. The van der Waals surface area contributed by atoms with E-state index in [0.29, 0.717) is 28.6 Å². The largest absolute Gasteiger partial charge is 0.489 e. The van der Waals surface area contributed by atoms with Crippen molar-refractivity contribution < 1.29 is 23.5 Å². The second kappa shape index (κ2) is 10.5. The zero-order valence-corrected chi connectivity index (χ0v) is 19.2. The van der Waals surface area contributed by atoms with Crippen LogP contribution in [0.2, 0.25) is 5.02 Å². The second-order valence-electron chi connectivity index (χ2n) is 7.27. The first kappa shape index (κ1) is 23.5. The molecule has 0 aromatic heterocycles. The zero-order valence-electron chi connectivity index (χ0n) is 17.7. The molecule has 0 atom stereocenters. The molecular formula is C25H18ClFN2O4S. The molecule has 9 heteroatoms. The van der Waals surface area contributed by atoms with Crippen molar-refractivity contribution in [3.8, 4) is 5.75 Å². The van der Waals surface area contributed by atoms with Crippen LogP contribution in [0.25, 0.3) is 6.08 Å². The number of hydrogen-bond donors (Lipinski definition) is 1. The van der Waals surface area contributed by atoms with Gasteiger partial charge in [0, 0.05) is 16.3 Å². The number of halogens is 2. The van der Waals surface area contributed by atoms with E-state index in [2.05, 4.69) is 5.32 Å². The number of amides is 3. The van der Waals surface area contributed by atoms with Gasteiger partial charge in [-0.05, 0) is 65.9 Å². The number of anilines is 1. The third kappa shape index (κ3) is 5.84. The van der Waals surface area contributed by atoms with Crippen molar-refractivity contribution in [2.45, 2.75) is 6.61 Å². The van der Waals surface area contributed by atoms with Crippen molar-refractivity contribution in [1.82, 2.24) is 4.90 Å². The van der Waals surface area contributed by atoms with E-state index in [4.69, 9.17) is 16.3 Å². The van der Waals surface area contributed by atoms with Crippen LogP contribution in [0.3, 0.4) is 0 Å². The van der Waals surface area contributed by atoms with Crippen molar-refractivity contribution in [2.75, 3.05) is 11.9 Å². The quantitative estimate of drug-likeness (QED) is 0.422. The summed E-state index contributed by atoms with van der Waals surface area (Å²) in [6.45, 7) is -0.119. The smallest absolute Gasteiger partial charge is 0.294 e. The van der Waals surface area contributed by atoms with Gasteiger partial charge in [0.05, 0.1) is 4.91 Å². The van der Waals surface area contributed by atoms with Gasteiger partial charge in [0.1, 0.15) is 24.7 Å². The Morgan fingerprint density at radius 1 is 1.03 bits per heavy atom. The molecule has 1 aliphatic rings. The summed E-state index contributed by atoms with van der Waals surface area (Å²) in [5.41, 5.74) is 1.93. The number of imide groups is 1. The molecule has 0 bridgehead atoms. The van der Waals surface area contributed by atoms with E-state index in [1.54, 1.807) is 36.4 Å². The molecule has 0 unspecified atom stereocenters. The second-order valence-corrected chi connectivity index (χ2v) is 8.67. The highest BCUT2D eigenvalue weighted by atomic mass is 35.5. The van der Waals surface area contributed by atoms with Gasteiger partial charge in [0.15, 0.2) is 0 Å². The van der Waals surface area contributed by atoms with Crippen molar-refractivity contribution in [3.63, 3.8) is 0 Å². The maximum atomic E-state index is 13.0. The first-order valence-electron chi connectivity index (χ1n) is 10.2. The van der Waals surface area contributed by atoms with Gasteiger partial charge in [0.25, 0.3) is 11.1 Å². The van der Waals surface area contributed by atoms with Gasteiger partial charge in [0.2, 0.25) is 5.91 Å². The molecule has 1 heterocycles. The number of ether oxygens (including phenoxy) is 1. The Labute approximate surface area is 204 Å². The molecule has 1 N–H and O–H groups in total. The molecule has 1 aliphatic heterocycles. The Morgan fingerprint density at radius 3 is 2.44 bits per heavy atom. The Hall–Kier alpha value is -3.62. The van der Waals surface area contributed by atoms with Crippen LogP contribution in [-0.2, 0) is 16.2 Å². The van der Waals surface area contributed by atoms with E-state index in [1.165, 1.54) is 24.3 Å². The molecule has 0 aliphatic carbocycles. The summed E-state index contributed by atoms with van der Waals surface area (Å²) >= 11 is 6.90. The summed E-state index contributed by atoms with van der Waals surface area (Å²) in [5, 5.41) is 2.62. The van der Waals surface area contributed by atoms with Crippen molar-refractivity contribution in [1.29, 1.82) is 0 Å². The van der Waals surface area contributed by atoms with Crippen LogP contribution < -0.4 is 10.1 Å². The summed E-state index contributed by atoms with van der Waals surface area (Å²) in [4.78, 5) is 38.3. The Bertz CT molecular complexity index is 1260. The lowest BCUT2D eigenvalue weighted by molar-refractivity contribution is -0.127. The van der Waals surface area contributed by atoms with Crippen LogP contribution in [0.1, 0.15) is 11.1 Å². The number of nitrogens with zero attached hydrogens (tertiary/aromatic N) is 1. The molecular weight excluding hydrogens is 479 g/mol. The van der Waals surface area contributed by atoms with Crippen LogP contribution in [0.4, 0.5) is 14.9 Å². The fourth-order valence-corrected chi connectivity index (χ4v) is 4.13. The number of thioether (sulfide) groups is 1. The van der Waals surface area contributed by atoms with Gasteiger partial charge in [-0.3, -0.25) is 19.3 Å². The summed E-state index contributed by atoms with van der Waals surface area (Å²) in [7, 11) is 0. The molecule has 172 valence electrons. The van der Waals surface area contributed by atoms with E-state index in [0.717, 1.165) is 22.2 Å². The van der Waals surface area contributed by atoms with E-state index in [9.17, 15) is 18.8 Å². The number of hydrogen-bond acceptors (Lipinski definition) is 5. The van der Waals surface area contributed by atoms with Crippen LogP contribution in [-0.4, -0.2) is 28.5 Å². The molecule has 3 aromatic rings. The lowest BCUT2D eigenvalue weighted by Gasteiger charge is -2.12. The number of carbonyl (C=O) groups excluding carboxylic acids is 3. The van der Waals surface area contributed by atoms with E-state index >= 15 is 0 Å². The number of rotatable bonds is 7. The average Bonchev–Trinajstić information content (AvgIpc) is 3.08. The fourth-order valence-electron chi connectivity index (χ4n) is 3.10. The Balaban J connectivity index is 1.36. The highest BCUT2D eigenvalue weighted by Gasteiger charge is 2.36. The predicted octanol–water partition coefficient (Wildman–Crippen LogP) is 5.73. The maximum Gasteiger partial charge on any atom is 0.294 e. The van der Waals surface area contributed by atoms with E-state index in [-0.39, 0.29) is 4.91 Å². The van der Waals surface area contributed by atoms with Crippen molar-refractivity contribution >= 4 is 52.2 Å². The number of benzene rings is 3. The predicted molar refractivity (Wildman–Crippen MR) is 130 cm³/mol. The van der Waals surface area contributed by atoms with Crippen LogP contribution in [0.15, 0.2) is 77.7 Å². The van der Waals surface area contributed by atoms with Crippen LogP contribution >= 0.6 is 23.4 Å². The highest BCUT2D eigenvalue weighted by molar-refractivity contribution is 8.18. The molecule has 6 nitrogen and oxygen atoms in total. The molecule has 3 amide bonds. The molecule has 3 aromatic carbocycles. The SMILES string of the molecule is O=C(CN1C(=O)S/C(=C\c2ccc(OCc3ccccc3Cl)cc2)C1=O)Nc1ccc(F)cc1. The Kier molecular flexibility index (Phi) is 7.30. The summed E-state index contributed by atoms with van der Waals surface area (Å²) < 4.78 is 18.7. The first-order chi connectivity index (χ1) is 16.4. The number of carbonyl (C=O) groups is 3. The molecule has 0 radical (unpaired) electrons. The Morgan fingerprint density at radius 2 is 1.74 bits per heavy atom. The molecule has 0 saturated carbocycles. The third-order valence-electron chi connectivity index (χ3n) is 4.83. The van der Waals surface area contributed by atoms with Crippen molar-refractivity contribution in [3.05, 3.63) is 99.7 Å². The maximum absolute atomic E-state index is 13.0. The molecule has 1 fully saturated rings. The van der Waals surface area contributed by atoms with Gasteiger partial charge in [-0.1, -0.05) is 41.9 Å². The average molecular weight is 497 g/mol. The lowest BCUT2D eigenvalue weighted by Crippen LogP contribution is -2.36. The zero-order chi connectivity index (χ0) is 24.1. The van der Waals surface area contributed by atoms with Crippen LogP contribution in [0.5, 0.6) is 5.75 Å². The van der Waals surface area contributed by atoms with Gasteiger partial charge in [-0.25, -0.2) is 4.39 Å². The van der Waals surface area contributed by atoms with Gasteiger partial charge in [-0.2, -0.15) is 0 Å². The van der Waals surface area contributed by atoms with Gasteiger partial charge >= 0.3 is 0 Å². The highest BCUT2D eigenvalue weighted by Crippen LogP contribution is 2.32. The summed E-state index contributed by atoms with van der Waals surface area (Å²) in [6, 6.07) is 19.6. The molecule has 4 rings (SSSR count). The van der Waals surface area contributed by atoms with Crippen LogP contribution in [0, 0.1) is 5.82 Å². The first-order valence-corrected chi connectivity index (χ1v) is 11.4. The minimum absolute atomic E-state index is 0.212.